The van der Waals surface area contributed by atoms with Gasteiger partial charge in [0.25, 0.3) is 0 Å². The minimum atomic E-state index is 0.645. The van der Waals surface area contributed by atoms with Gasteiger partial charge in [0.15, 0.2) is 0 Å². The number of nitrogens with zero attached hydrogens (tertiary/aromatic N) is 2. The molecule has 0 spiro atoms. The van der Waals surface area contributed by atoms with Gasteiger partial charge in [-0.25, -0.2) is 4.98 Å². The first-order chi connectivity index (χ1) is 9.74. The number of ether oxygens (including phenoxy) is 1. The molecule has 3 rings (SSSR count). The van der Waals surface area contributed by atoms with Crippen LogP contribution in [0.5, 0.6) is 5.75 Å². The highest BCUT2D eigenvalue weighted by atomic mass is 35.5. The fraction of sp³-hybridized carbons (Fsp3) is 0.133. The van der Waals surface area contributed by atoms with Gasteiger partial charge in [0.05, 0.1) is 24.4 Å². The Kier molecular flexibility index (Phi) is 3.48. The zero-order chi connectivity index (χ0) is 13.9. The van der Waals surface area contributed by atoms with E-state index in [1.165, 1.54) is 0 Å². The van der Waals surface area contributed by atoms with E-state index < -0.39 is 0 Å². The molecule has 0 saturated heterocycles. The second kappa shape index (κ2) is 5.43. The van der Waals surface area contributed by atoms with E-state index in [2.05, 4.69) is 10.3 Å². The van der Waals surface area contributed by atoms with Crippen molar-refractivity contribution in [3.05, 3.63) is 59.5 Å². The topological polar surface area (TPSA) is 38.6 Å². The fourth-order valence-electron chi connectivity index (χ4n) is 2.03. The van der Waals surface area contributed by atoms with Crippen molar-refractivity contribution in [2.45, 2.75) is 6.54 Å². The Hall–Kier alpha value is -2.20. The number of methoxy groups -OCH3 is 1. The average Bonchev–Trinajstić information content (AvgIpc) is 2.87. The minimum absolute atomic E-state index is 0.645. The van der Waals surface area contributed by atoms with E-state index in [9.17, 15) is 0 Å². The van der Waals surface area contributed by atoms with Crippen molar-refractivity contribution in [2.75, 3.05) is 12.4 Å². The lowest BCUT2D eigenvalue weighted by Crippen LogP contribution is -1.99. The van der Waals surface area contributed by atoms with E-state index in [0.29, 0.717) is 11.6 Å². The third kappa shape index (κ3) is 2.70. The molecule has 0 bridgehead atoms. The molecule has 1 aromatic carbocycles. The number of pyridine rings is 1. The molecule has 0 saturated carbocycles. The summed E-state index contributed by atoms with van der Waals surface area (Å²) in [6.07, 6.45) is 3.81. The van der Waals surface area contributed by atoms with Crippen LogP contribution in [0, 0.1) is 0 Å². The summed E-state index contributed by atoms with van der Waals surface area (Å²) in [5.74, 6) is 0.830. The second-order valence-electron chi connectivity index (χ2n) is 4.43. The number of imidazole rings is 1. The number of fused-ring (bicyclic) bond motifs is 1. The fourth-order valence-corrected chi connectivity index (χ4v) is 2.20. The number of aromatic nitrogens is 2. The summed E-state index contributed by atoms with van der Waals surface area (Å²) in [6, 6.07) is 11.5. The van der Waals surface area contributed by atoms with Gasteiger partial charge in [0, 0.05) is 24.1 Å². The Morgan fingerprint density at radius 2 is 2.15 bits per heavy atom. The molecule has 0 radical (unpaired) electrons. The molecular formula is C15H14ClN3O. The zero-order valence-electron chi connectivity index (χ0n) is 11.0. The molecule has 2 heterocycles. The van der Waals surface area contributed by atoms with E-state index in [0.717, 1.165) is 22.8 Å². The normalized spacial score (nSPS) is 10.7. The van der Waals surface area contributed by atoms with Crippen LogP contribution in [0.2, 0.25) is 5.02 Å². The SMILES string of the molecule is COc1cccc(NCc2cn3cc(Cl)ccc3n2)c1. The van der Waals surface area contributed by atoms with Crippen molar-refractivity contribution in [1.29, 1.82) is 0 Å². The molecule has 0 fully saturated rings. The first-order valence-electron chi connectivity index (χ1n) is 6.26. The maximum atomic E-state index is 5.96. The molecule has 0 aliphatic heterocycles. The van der Waals surface area contributed by atoms with Crippen molar-refractivity contribution < 1.29 is 4.74 Å². The van der Waals surface area contributed by atoms with Crippen molar-refractivity contribution in [2.24, 2.45) is 0 Å². The molecule has 5 heteroatoms. The van der Waals surface area contributed by atoms with E-state index in [1.807, 2.05) is 53.2 Å². The molecule has 3 aromatic rings. The van der Waals surface area contributed by atoms with Crippen LogP contribution in [0.25, 0.3) is 5.65 Å². The van der Waals surface area contributed by atoms with Gasteiger partial charge < -0.3 is 14.5 Å². The molecule has 1 N–H and O–H groups in total. The zero-order valence-corrected chi connectivity index (χ0v) is 11.8. The van der Waals surface area contributed by atoms with Crippen LogP contribution in [-0.4, -0.2) is 16.5 Å². The van der Waals surface area contributed by atoms with Gasteiger partial charge in [-0.1, -0.05) is 17.7 Å². The summed E-state index contributed by atoms with van der Waals surface area (Å²) in [4.78, 5) is 4.52. The van der Waals surface area contributed by atoms with E-state index >= 15 is 0 Å². The van der Waals surface area contributed by atoms with Crippen LogP contribution in [0.15, 0.2) is 48.8 Å². The van der Waals surface area contributed by atoms with Crippen molar-refractivity contribution in [3.8, 4) is 5.75 Å². The number of anilines is 1. The smallest absolute Gasteiger partial charge is 0.137 e. The highest BCUT2D eigenvalue weighted by Gasteiger charge is 2.02. The summed E-state index contributed by atoms with van der Waals surface area (Å²) in [5.41, 5.74) is 2.84. The Balaban J connectivity index is 1.76. The first kappa shape index (κ1) is 12.8. The number of hydrogen-bond donors (Lipinski definition) is 1. The molecule has 0 unspecified atom stereocenters. The van der Waals surface area contributed by atoms with Crippen LogP contribution in [0.1, 0.15) is 5.69 Å². The van der Waals surface area contributed by atoms with Crippen molar-refractivity contribution >= 4 is 22.9 Å². The van der Waals surface area contributed by atoms with Crippen LogP contribution in [-0.2, 0) is 6.54 Å². The molecular weight excluding hydrogens is 274 g/mol. The van der Waals surface area contributed by atoms with Crippen LogP contribution >= 0.6 is 11.6 Å². The third-order valence-electron chi connectivity index (χ3n) is 3.01. The summed E-state index contributed by atoms with van der Waals surface area (Å²) in [6.45, 7) is 0.645. The first-order valence-corrected chi connectivity index (χ1v) is 6.63. The van der Waals surface area contributed by atoms with Crippen molar-refractivity contribution in [3.63, 3.8) is 0 Å². The van der Waals surface area contributed by atoms with Gasteiger partial charge in [-0.05, 0) is 24.3 Å². The lowest BCUT2D eigenvalue weighted by Gasteiger charge is -2.06. The lowest BCUT2D eigenvalue weighted by atomic mass is 10.3. The molecule has 0 atom stereocenters. The van der Waals surface area contributed by atoms with Gasteiger partial charge in [0.2, 0.25) is 0 Å². The monoisotopic (exact) mass is 287 g/mol. The quantitative estimate of drug-likeness (QED) is 0.797. The maximum absolute atomic E-state index is 5.96. The van der Waals surface area contributed by atoms with Gasteiger partial charge in [0.1, 0.15) is 11.4 Å². The molecule has 4 nitrogen and oxygen atoms in total. The molecule has 2 aromatic heterocycles. The Labute approximate surface area is 122 Å². The maximum Gasteiger partial charge on any atom is 0.137 e. The van der Waals surface area contributed by atoms with Crippen LogP contribution in [0.4, 0.5) is 5.69 Å². The number of halogens is 1. The number of benzene rings is 1. The highest BCUT2D eigenvalue weighted by molar-refractivity contribution is 6.30. The van der Waals surface area contributed by atoms with E-state index in [4.69, 9.17) is 16.3 Å². The number of rotatable bonds is 4. The van der Waals surface area contributed by atoms with Gasteiger partial charge in [-0.2, -0.15) is 0 Å². The van der Waals surface area contributed by atoms with Crippen LogP contribution in [0.3, 0.4) is 0 Å². The summed E-state index contributed by atoms with van der Waals surface area (Å²) < 4.78 is 7.12. The Morgan fingerprint density at radius 1 is 1.25 bits per heavy atom. The second-order valence-corrected chi connectivity index (χ2v) is 4.87. The van der Waals surface area contributed by atoms with Gasteiger partial charge in [-0.3, -0.25) is 0 Å². The average molecular weight is 288 g/mol. The predicted octanol–water partition coefficient (Wildman–Crippen LogP) is 3.61. The van der Waals surface area contributed by atoms with Gasteiger partial charge >= 0.3 is 0 Å². The Bertz CT molecular complexity index is 739. The largest absolute Gasteiger partial charge is 0.497 e. The molecule has 20 heavy (non-hydrogen) atoms. The highest BCUT2D eigenvalue weighted by Crippen LogP contribution is 2.18. The summed E-state index contributed by atoms with van der Waals surface area (Å²) >= 11 is 5.96. The number of nitrogens with one attached hydrogen (secondary N) is 1. The van der Waals surface area contributed by atoms with Crippen LogP contribution < -0.4 is 10.1 Å². The Morgan fingerprint density at radius 3 is 3.00 bits per heavy atom. The molecule has 102 valence electrons. The predicted molar refractivity (Wildman–Crippen MR) is 80.5 cm³/mol. The standard InChI is InChI=1S/C15H14ClN3O/c1-20-14-4-2-3-12(7-14)17-8-13-10-19-9-11(16)5-6-15(19)18-13/h2-7,9-10,17H,8H2,1H3. The third-order valence-corrected chi connectivity index (χ3v) is 3.23. The van der Waals surface area contributed by atoms with Gasteiger partial charge in [-0.15, -0.1) is 0 Å². The molecule has 0 aliphatic rings. The lowest BCUT2D eigenvalue weighted by molar-refractivity contribution is 0.415. The number of hydrogen-bond acceptors (Lipinski definition) is 3. The minimum Gasteiger partial charge on any atom is -0.497 e. The van der Waals surface area contributed by atoms with E-state index in [1.54, 1.807) is 7.11 Å². The molecule has 0 amide bonds. The van der Waals surface area contributed by atoms with Crippen molar-refractivity contribution in [1.82, 2.24) is 9.38 Å². The summed E-state index contributed by atoms with van der Waals surface area (Å²) in [5, 5.41) is 4.02. The van der Waals surface area contributed by atoms with E-state index in [-0.39, 0.29) is 0 Å². The summed E-state index contributed by atoms with van der Waals surface area (Å²) in [7, 11) is 1.66. The molecule has 0 aliphatic carbocycles.